The third kappa shape index (κ3) is 4.48. The average Bonchev–Trinajstić information content (AvgIpc) is 3.21. The highest BCUT2D eigenvalue weighted by molar-refractivity contribution is 7.99. The van der Waals surface area contributed by atoms with Gasteiger partial charge in [-0.25, -0.2) is 9.37 Å². The summed E-state index contributed by atoms with van der Waals surface area (Å²) in [4.78, 5) is 7.31. The number of alkyl halides is 2. The molecule has 1 N–H and O–H groups in total. The molecule has 4 rings (SSSR count). The van der Waals surface area contributed by atoms with Crippen molar-refractivity contribution in [1.82, 2.24) is 9.97 Å². The minimum atomic E-state index is -3.20. The van der Waals surface area contributed by atoms with E-state index in [1.165, 1.54) is 24.1 Å². The first-order valence-electron chi connectivity index (χ1n) is 9.61. The van der Waals surface area contributed by atoms with Crippen LogP contribution in [0.15, 0.2) is 60.8 Å². The molecule has 0 spiro atoms. The van der Waals surface area contributed by atoms with Gasteiger partial charge in [0.2, 0.25) is 0 Å². The van der Waals surface area contributed by atoms with Gasteiger partial charge < -0.3 is 9.29 Å². The molecule has 2 heterocycles. The van der Waals surface area contributed by atoms with Gasteiger partial charge in [0.25, 0.3) is 5.66 Å². The van der Waals surface area contributed by atoms with E-state index in [2.05, 4.69) is 21.8 Å². The van der Waals surface area contributed by atoms with Crippen LogP contribution in [0.3, 0.4) is 0 Å². The number of nitrogens with one attached hydrogen (secondary N) is 1. The number of fused-ring (bicyclic) bond motifs is 1. The number of anilines is 1. The smallest absolute Gasteiger partial charge is 0.286 e. The summed E-state index contributed by atoms with van der Waals surface area (Å²) in [7, 11) is 3.47. The first-order chi connectivity index (χ1) is 15.3. The lowest BCUT2D eigenvalue weighted by Gasteiger charge is -2.17. The predicted molar refractivity (Wildman–Crippen MR) is 129 cm³/mol. The molecule has 0 saturated carbocycles. The van der Waals surface area contributed by atoms with Crippen molar-refractivity contribution in [3.05, 3.63) is 83.3 Å². The molecule has 1 atom stereocenters. The number of rotatable bonds is 4. The largest absolute Gasteiger partial charge is 0.339 e. The number of aromatic amines is 1. The fourth-order valence-corrected chi connectivity index (χ4v) is 3.90. The molecule has 32 heavy (non-hydrogen) atoms. The van der Waals surface area contributed by atoms with Gasteiger partial charge in [0.05, 0.1) is 11.3 Å². The zero-order valence-corrected chi connectivity index (χ0v) is 19.3. The molecule has 0 fully saturated rings. The monoisotopic (exact) mass is 469 g/mol. The van der Waals surface area contributed by atoms with E-state index in [4.69, 9.17) is 0 Å². The van der Waals surface area contributed by atoms with Gasteiger partial charge in [-0.2, -0.15) is 8.78 Å². The van der Waals surface area contributed by atoms with Crippen molar-refractivity contribution in [1.29, 1.82) is 0 Å². The van der Waals surface area contributed by atoms with Crippen LogP contribution in [0.5, 0.6) is 0 Å². The van der Waals surface area contributed by atoms with Crippen LogP contribution >= 0.6 is 21.2 Å². The molecule has 3 nitrogen and oxygen atoms in total. The van der Waals surface area contributed by atoms with Crippen molar-refractivity contribution in [2.45, 2.75) is 5.66 Å². The average molecular weight is 469 g/mol. The van der Waals surface area contributed by atoms with Crippen molar-refractivity contribution < 1.29 is 13.2 Å². The summed E-state index contributed by atoms with van der Waals surface area (Å²) in [6, 6.07) is 15.2. The van der Waals surface area contributed by atoms with Crippen molar-refractivity contribution in [2.75, 3.05) is 17.6 Å². The molecule has 0 amide bonds. The van der Waals surface area contributed by atoms with Gasteiger partial charge in [-0.1, -0.05) is 45.2 Å². The fraction of sp³-hybridized carbons (Fsp3) is 0.125. The number of para-hydroxylation sites is 1. The SMILES string of the molecule is CSN(C)c1ccccc1C#Cc1c(C(F)(F)P)cnc2[nH]c(-c3ccc(F)cc3)cc12. The number of aromatic nitrogens is 2. The van der Waals surface area contributed by atoms with Gasteiger partial charge in [-0.3, -0.25) is 0 Å². The Kier molecular flexibility index (Phi) is 6.19. The molecule has 0 aliphatic heterocycles. The molecular formula is C24H19F3N3PS. The number of nitrogens with zero attached hydrogens (tertiary/aromatic N) is 2. The maximum absolute atomic E-state index is 14.4. The van der Waals surface area contributed by atoms with Crippen molar-refractivity contribution in [3.8, 4) is 23.1 Å². The van der Waals surface area contributed by atoms with E-state index < -0.39 is 5.66 Å². The molecule has 0 saturated heterocycles. The number of hydrogen-bond donors (Lipinski definition) is 1. The van der Waals surface area contributed by atoms with Crippen molar-refractivity contribution in [3.63, 3.8) is 0 Å². The minimum absolute atomic E-state index is 0.196. The second kappa shape index (κ2) is 8.90. The first-order valence-corrected chi connectivity index (χ1v) is 11.4. The molecule has 0 aliphatic rings. The van der Waals surface area contributed by atoms with E-state index >= 15 is 0 Å². The summed E-state index contributed by atoms with van der Waals surface area (Å²) >= 11 is 1.53. The van der Waals surface area contributed by atoms with Gasteiger partial charge in [0.15, 0.2) is 0 Å². The third-order valence-electron chi connectivity index (χ3n) is 5.01. The van der Waals surface area contributed by atoms with Crippen LogP contribution in [0.25, 0.3) is 22.3 Å². The molecule has 2 aromatic heterocycles. The summed E-state index contributed by atoms with van der Waals surface area (Å²) in [5, 5.41) is 0.479. The maximum Gasteiger partial charge on any atom is 0.286 e. The number of pyridine rings is 1. The fourth-order valence-electron chi connectivity index (χ4n) is 3.33. The lowest BCUT2D eigenvalue weighted by Crippen LogP contribution is -2.07. The van der Waals surface area contributed by atoms with Crippen LogP contribution in [0, 0.1) is 17.7 Å². The number of benzene rings is 2. The summed E-state index contributed by atoms with van der Waals surface area (Å²) in [6.07, 6.45) is 3.09. The normalized spacial score (nSPS) is 11.3. The molecule has 0 radical (unpaired) electrons. The van der Waals surface area contributed by atoms with Crippen LogP contribution in [0.2, 0.25) is 0 Å². The highest BCUT2D eigenvalue weighted by Gasteiger charge is 2.29. The van der Waals surface area contributed by atoms with E-state index in [0.29, 0.717) is 16.7 Å². The molecule has 0 bridgehead atoms. The quantitative estimate of drug-likeness (QED) is 0.213. The Morgan fingerprint density at radius 1 is 1.09 bits per heavy atom. The maximum atomic E-state index is 14.4. The van der Waals surface area contributed by atoms with Gasteiger partial charge in [0.1, 0.15) is 11.5 Å². The Bertz CT molecular complexity index is 1330. The second-order valence-corrected chi connectivity index (χ2v) is 8.71. The standard InChI is InChI=1S/C24H19F3N3PS/c1-30(32-2)22-6-4-3-5-16(22)9-12-18-19-13-21(15-7-10-17(25)11-8-15)29-23(19)28-14-20(18)24(26,27)31/h3-8,10-11,13-14H,31H2,1-2H3,(H,28,29). The Hall–Kier alpha value is -2.94. The molecule has 0 aliphatic carbocycles. The Labute approximate surface area is 190 Å². The highest BCUT2D eigenvalue weighted by Crippen LogP contribution is 2.39. The summed E-state index contributed by atoms with van der Waals surface area (Å²) in [5.41, 5.74) is 0.121. The van der Waals surface area contributed by atoms with Gasteiger partial charge >= 0.3 is 0 Å². The van der Waals surface area contributed by atoms with E-state index in [1.807, 2.05) is 41.9 Å². The Morgan fingerprint density at radius 3 is 2.50 bits per heavy atom. The lowest BCUT2D eigenvalue weighted by atomic mass is 10.0. The van der Waals surface area contributed by atoms with E-state index in [0.717, 1.165) is 23.0 Å². The lowest BCUT2D eigenvalue weighted by molar-refractivity contribution is 0.103. The zero-order valence-electron chi connectivity index (χ0n) is 17.3. The summed E-state index contributed by atoms with van der Waals surface area (Å²) in [5.74, 6) is 5.69. The van der Waals surface area contributed by atoms with Crippen LogP contribution in [-0.2, 0) is 5.66 Å². The summed E-state index contributed by atoms with van der Waals surface area (Å²) in [6.45, 7) is 0. The van der Waals surface area contributed by atoms with E-state index in [-0.39, 0.29) is 16.9 Å². The predicted octanol–water partition coefficient (Wildman–Crippen LogP) is 6.41. The third-order valence-corrected chi connectivity index (χ3v) is 6.07. The minimum Gasteiger partial charge on any atom is -0.339 e. The summed E-state index contributed by atoms with van der Waals surface area (Å²) < 4.78 is 44.1. The van der Waals surface area contributed by atoms with Crippen molar-refractivity contribution >= 4 is 37.9 Å². The van der Waals surface area contributed by atoms with E-state index in [9.17, 15) is 13.2 Å². The number of hydrogen-bond acceptors (Lipinski definition) is 3. The number of H-pyrrole nitrogens is 1. The Morgan fingerprint density at radius 2 is 1.81 bits per heavy atom. The molecule has 162 valence electrons. The number of halogens is 3. The zero-order chi connectivity index (χ0) is 22.9. The van der Waals surface area contributed by atoms with Crippen LogP contribution in [0.1, 0.15) is 16.7 Å². The molecular weight excluding hydrogens is 450 g/mol. The molecule has 1 unspecified atom stereocenters. The van der Waals surface area contributed by atoms with Gasteiger partial charge in [-0.05, 0) is 48.0 Å². The second-order valence-electron chi connectivity index (χ2n) is 7.07. The van der Waals surface area contributed by atoms with E-state index in [1.54, 1.807) is 27.4 Å². The Balaban J connectivity index is 1.90. The van der Waals surface area contributed by atoms with Crippen LogP contribution in [-0.4, -0.2) is 23.3 Å². The van der Waals surface area contributed by atoms with Crippen molar-refractivity contribution in [2.24, 2.45) is 0 Å². The highest BCUT2D eigenvalue weighted by atomic mass is 32.2. The van der Waals surface area contributed by atoms with Gasteiger partial charge in [0, 0.05) is 41.7 Å². The molecule has 8 heteroatoms. The molecule has 2 aromatic carbocycles. The topological polar surface area (TPSA) is 31.9 Å². The molecule has 4 aromatic rings. The van der Waals surface area contributed by atoms with Gasteiger partial charge in [-0.15, -0.1) is 0 Å². The van der Waals surface area contributed by atoms with Crippen LogP contribution < -0.4 is 4.31 Å². The van der Waals surface area contributed by atoms with Crippen LogP contribution in [0.4, 0.5) is 18.9 Å². The first kappa shape index (κ1) is 22.3.